The Balaban J connectivity index is 1.97. The lowest BCUT2D eigenvalue weighted by atomic mass is 10.2. The summed E-state index contributed by atoms with van der Waals surface area (Å²) in [6, 6.07) is 1.56. The molecule has 20 heavy (non-hydrogen) atoms. The van der Waals surface area contributed by atoms with Crippen molar-refractivity contribution in [2.24, 2.45) is 7.05 Å². The number of methoxy groups -OCH3 is 1. The van der Waals surface area contributed by atoms with Gasteiger partial charge in [-0.15, -0.1) is 0 Å². The number of anilines is 2. The molecule has 0 bridgehead atoms. The lowest BCUT2D eigenvalue weighted by molar-refractivity contribution is 0.0602. The standard InChI is InChI=1S/C12H16N6O2/c1-18-7-16-10(17-18)3-4-14-11-5-8(12(19)20-2)9(13)6-15-11/h5-7H,3-4,13H2,1-2H3,(H,14,15). The van der Waals surface area contributed by atoms with Gasteiger partial charge in [0.2, 0.25) is 0 Å². The number of carbonyl (C=O) groups excluding carboxylic acids is 1. The van der Waals surface area contributed by atoms with Gasteiger partial charge in [0.05, 0.1) is 24.6 Å². The van der Waals surface area contributed by atoms with Crippen LogP contribution < -0.4 is 11.1 Å². The maximum atomic E-state index is 11.5. The first-order valence-electron chi connectivity index (χ1n) is 6.02. The molecule has 0 aliphatic rings. The highest BCUT2D eigenvalue weighted by molar-refractivity contribution is 5.95. The Bertz CT molecular complexity index is 610. The van der Waals surface area contributed by atoms with E-state index in [0.717, 1.165) is 5.82 Å². The Labute approximate surface area is 116 Å². The van der Waals surface area contributed by atoms with Crippen LogP contribution in [0.5, 0.6) is 0 Å². The van der Waals surface area contributed by atoms with Crippen molar-refractivity contribution in [3.63, 3.8) is 0 Å². The maximum Gasteiger partial charge on any atom is 0.340 e. The molecule has 0 spiro atoms. The van der Waals surface area contributed by atoms with Gasteiger partial charge in [-0.2, -0.15) is 5.10 Å². The summed E-state index contributed by atoms with van der Waals surface area (Å²) in [6.07, 6.45) is 3.72. The van der Waals surface area contributed by atoms with E-state index in [-0.39, 0.29) is 5.69 Å². The molecule has 8 nitrogen and oxygen atoms in total. The van der Waals surface area contributed by atoms with E-state index in [2.05, 4.69) is 25.1 Å². The van der Waals surface area contributed by atoms with Crippen LogP contribution in [0.1, 0.15) is 16.2 Å². The highest BCUT2D eigenvalue weighted by atomic mass is 16.5. The smallest absolute Gasteiger partial charge is 0.340 e. The van der Waals surface area contributed by atoms with Crippen LogP contribution >= 0.6 is 0 Å². The van der Waals surface area contributed by atoms with Gasteiger partial charge in [-0.25, -0.2) is 14.8 Å². The first-order chi connectivity index (χ1) is 9.60. The number of pyridine rings is 1. The van der Waals surface area contributed by atoms with Gasteiger partial charge in [-0.1, -0.05) is 0 Å². The molecule has 0 atom stereocenters. The minimum Gasteiger partial charge on any atom is -0.465 e. The van der Waals surface area contributed by atoms with E-state index in [1.165, 1.54) is 13.3 Å². The van der Waals surface area contributed by atoms with Crippen molar-refractivity contribution in [2.75, 3.05) is 24.7 Å². The van der Waals surface area contributed by atoms with E-state index in [0.29, 0.717) is 24.3 Å². The van der Waals surface area contributed by atoms with Crippen LogP contribution in [-0.4, -0.2) is 39.4 Å². The summed E-state index contributed by atoms with van der Waals surface area (Å²) < 4.78 is 6.30. The third kappa shape index (κ3) is 3.22. The second-order valence-electron chi connectivity index (χ2n) is 4.16. The summed E-state index contributed by atoms with van der Waals surface area (Å²) >= 11 is 0. The molecule has 2 aromatic heterocycles. The zero-order valence-electron chi connectivity index (χ0n) is 11.3. The van der Waals surface area contributed by atoms with Crippen molar-refractivity contribution >= 4 is 17.5 Å². The number of nitrogens with two attached hydrogens (primary N) is 1. The lowest BCUT2D eigenvalue weighted by Gasteiger charge is -2.07. The zero-order valence-corrected chi connectivity index (χ0v) is 11.3. The first-order valence-corrected chi connectivity index (χ1v) is 6.02. The highest BCUT2D eigenvalue weighted by Gasteiger charge is 2.11. The molecule has 0 saturated heterocycles. The number of nitrogens with zero attached hydrogens (tertiary/aromatic N) is 4. The number of hydrogen-bond acceptors (Lipinski definition) is 7. The Morgan fingerprint density at radius 3 is 2.95 bits per heavy atom. The molecule has 0 amide bonds. The van der Waals surface area contributed by atoms with Crippen LogP contribution in [0.2, 0.25) is 0 Å². The SMILES string of the molecule is COC(=O)c1cc(NCCc2ncn(C)n2)ncc1N. The molecular weight excluding hydrogens is 260 g/mol. The molecule has 2 heterocycles. The van der Waals surface area contributed by atoms with Crippen molar-refractivity contribution in [1.82, 2.24) is 19.7 Å². The number of aryl methyl sites for hydroxylation is 1. The fourth-order valence-corrected chi connectivity index (χ4v) is 1.65. The van der Waals surface area contributed by atoms with E-state index in [9.17, 15) is 4.79 Å². The van der Waals surface area contributed by atoms with Gasteiger partial charge in [0.25, 0.3) is 0 Å². The molecule has 0 aliphatic carbocycles. The van der Waals surface area contributed by atoms with Crippen molar-refractivity contribution < 1.29 is 9.53 Å². The molecule has 0 aliphatic heterocycles. The number of aromatic nitrogens is 4. The molecule has 0 aromatic carbocycles. The van der Waals surface area contributed by atoms with Crippen LogP contribution in [-0.2, 0) is 18.2 Å². The Hall–Kier alpha value is -2.64. The van der Waals surface area contributed by atoms with Crippen LogP contribution in [0.4, 0.5) is 11.5 Å². The number of ether oxygens (including phenoxy) is 1. The Morgan fingerprint density at radius 2 is 2.30 bits per heavy atom. The van der Waals surface area contributed by atoms with E-state index < -0.39 is 5.97 Å². The number of nitrogen functional groups attached to an aromatic ring is 1. The fraction of sp³-hybridized carbons (Fsp3) is 0.333. The second-order valence-corrected chi connectivity index (χ2v) is 4.16. The van der Waals surface area contributed by atoms with E-state index in [1.54, 1.807) is 17.1 Å². The first kappa shape index (κ1) is 13.8. The monoisotopic (exact) mass is 276 g/mol. The number of hydrogen-bond donors (Lipinski definition) is 2. The molecule has 0 saturated carbocycles. The fourth-order valence-electron chi connectivity index (χ4n) is 1.65. The number of rotatable bonds is 5. The van der Waals surface area contributed by atoms with Gasteiger partial charge >= 0.3 is 5.97 Å². The van der Waals surface area contributed by atoms with Gasteiger partial charge in [-0.3, -0.25) is 4.68 Å². The summed E-state index contributed by atoms with van der Waals surface area (Å²) in [5.41, 5.74) is 6.25. The molecule has 0 fully saturated rings. The van der Waals surface area contributed by atoms with Gasteiger partial charge in [0.1, 0.15) is 12.1 Å². The lowest BCUT2D eigenvalue weighted by Crippen LogP contribution is -2.11. The molecular formula is C12H16N6O2. The van der Waals surface area contributed by atoms with Crippen molar-refractivity contribution in [1.29, 1.82) is 0 Å². The van der Waals surface area contributed by atoms with E-state index >= 15 is 0 Å². The summed E-state index contributed by atoms with van der Waals surface area (Å²) in [6.45, 7) is 0.599. The predicted molar refractivity (Wildman–Crippen MR) is 73.2 cm³/mol. The van der Waals surface area contributed by atoms with Crippen LogP contribution in [0.15, 0.2) is 18.6 Å². The molecule has 3 N–H and O–H groups in total. The van der Waals surface area contributed by atoms with Crippen molar-refractivity contribution in [3.05, 3.63) is 30.0 Å². The second kappa shape index (κ2) is 6.00. The van der Waals surface area contributed by atoms with Gasteiger partial charge < -0.3 is 15.8 Å². The highest BCUT2D eigenvalue weighted by Crippen LogP contribution is 2.15. The Kier molecular flexibility index (Phi) is 4.14. The average Bonchev–Trinajstić information content (AvgIpc) is 2.85. The normalized spacial score (nSPS) is 10.3. The number of nitrogens with one attached hydrogen (secondary N) is 1. The number of esters is 1. The van der Waals surface area contributed by atoms with E-state index in [4.69, 9.17) is 5.73 Å². The van der Waals surface area contributed by atoms with E-state index in [1.807, 2.05) is 7.05 Å². The number of carbonyl (C=O) groups is 1. The maximum absolute atomic E-state index is 11.5. The minimum absolute atomic E-state index is 0.286. The molecule has 0 unspecified atom stereocenters. The molecule has 0 radical (unpaired) electrons. The zero-order chi connectivity index (χ0) is 14.5. The molecule has 8 heteroatoms. The summed E-state index contributed by atoms with van der Waals surface area (Å²) in [5, 5.41) is 7.25. The summed E-state index contributed by atoms with van der Waals surface area (Å²) in [4.78, 5) is 19.7. The minimum atomic E-state index is -0.487. The van der Waals surface area contributed by atoms with Crippen LogP contribution in [0.3, 0.4) is 0 Å². The third-order valence-corrected chi connectivity index (χ3v) is 2.64. The van der Waals surface area contributed by atoms with Crippen molar-refractivity contribution in [3.8, 4) is 0 Å². The van der Waals surface area contributed by atoms with Crippen LogP contribution in [0.25, 0.3) is 0 Å². The topological polar surface area (TPSA) is 108 Å². The molecule has 2 rings (SSSR count). The predicted octanol–water partition coefficient (Wildman–Crippen LogP) is 0.234. The molecule has 106 valence electrons. The largest absolute Gasteiger partial charge is 0.465 e. The Morgan fingerprint density at radius 1 is 1.50 bits per heavy atom. The molecule has 2 aromatic rings. The quantitative estimate of drug-likeness (QED) is 0.753. The van der Waals surface area contributed by atoms with Crippen LogP contribution in [0, 0.1) is 0 Å². The van der Waals surface area contributed by atoms with Gasteiger partial charge in [-0.05, 0) is 6.07 Å². The average molecular weight is 276 g/mol. The third-order valence-electron chi connectivity index (χ3n) is 2.64. The van der Waals surface area contributed by atoms with Crippen molar-refractivity contribution in [2.45, 2.75) is 6.42 Å². The van der Waals surface area contributed by atoms with Gasteiger partial charge in [0.15, 0.2) is 5.82 Å². The summed E-state index contributed by atoms with van der Waals surface area (Å²) in [5.74, 6) is 0.804. The summed E-state index contributed by atoms with van der Waals surface area (Å²) in [7, 11) is 3.12. The van der Waals surface area contributed by atoms with Gasteiger partial charge in [0, 0.05) is 20.0 Å².